The van der Waals surface area contributed by atoms with Crippen LogP contribution in [0.25, 0.3) is 10.7 Å². The van der Waals surface area contributed by atoms with Gasteiger partial charge in [-0.1, -0.05) is 4.49 Å². The van der Waals surface area contributed by atoms with Crippen LogP contribution in [0, 0.1) is 0 Å². The molecule has 2 heterocycles. The van der Waals surface area contributed by atoms with Gasteiger partial charge in [0, 0.05) is 7.11 Å². The maximum atomic E-state index is 11.4. The average Bonchev–Trinajstić information content (AvgIpc) is 2.93. The second-order valence-electron chi connectivity index (χ2n) is 3.28. The number of primary sulfonamides is 1. The normalized spacial score (nSPS) is 11.9. The molecule has 2 N–H and O–H groups in total. The molecule has 18 heavy (non-hydrogen) atoms. The van der Waals surface area contributed by atoms with Gasteiger partial charge in [0.05, 0.1) is 19.3 Å². The van der Waals surface area contributed by atoms with E-state index in [0.717, 1.165) is 11.5 Å². The van der Waals surface area contributed by atoms with Gasteiger partial charge in [-0.05, 0) is 11.5 Å². The van der Waals surface area contributed by atoms with E-state index in [1.807, 2.05) is 0 Å². The van der Waals surface area contributed by atoms with Crippen LogP contribution in [0.1, 0.15) is 0 Å². The lowest BCUT2D eigenvalue weighted by Crippen LogP contribution is -2.20. The Bertz CT molecular complexity index is 620. The summed E-state index contributed by atoms with van der Waals surface area (Å²) < 4.78 is 32.7. The molecule has 9 nitrogen and oxygen atoms in total. The highest BCUT2D eigenvalue weighted by Gasteiger charge is 2.22. The molecule has 0 saturated carbocycles. The van der Waals surface area contributed by atoms with Crippen LogP contribution in [0.2, 0.25) is 0 Å². The molecule has 0 atom stereocenters. The summed E-state index contributed by atoms with van der Waals surface area (Å²) >= 11 is 1.09. The van der Waals surface area contributed by atoms with Crippen LogP contribution in [0.3, 0.4) is 0 Å². The Kier molecular flexibility index (Phi) is 3.65. The quantitative estimate of drug-likeness (QED) is 0.755. The average molecular weight is 290 g/mol. The van der Waals surface area contributed by atoms with E-state index in [-0.39, 0.29) is 11.7 Å². The summed E-state index contributed by atoms with van der Waals surface area (Å²) in [5.74, 6) is 0.353. The van der Waals surface area contributed by atoms with Crippen molar-refractivity contribution >= 4 is 21.6 Å². The molecule has 0 bridgehead atoms. The third kappa shape index (κ3) is 2.53. The van der Waals surface area contributed by atoms with E-state index in [9.17, 15) is 8.42 Å². The predicted molar refractivity (Wildman–Crippen MR) is 62.2 cm³/mol. The van der Waals surface area contributed by atoms with E-state index in [2.05, 4.69) is 19.8 Å². The van der Waals surface area contributed by atoms with E-state index >= 15 is 0 Å². The zero-order chi connectivity index (χ0) is 13.2. The molecule has 0 aliphatic heterocycles. The molecular weight excluding hydrogens is 280 g/mol. The number of aromatic nitrogens is 5. The smallest absolute Gasteiger partial charge is 0.273 e. The van der Waals surface area contributed by atoms with Crippen molar-refractivity contribution in [1.82, 2.24) is 24.4 Å². The lowest BCUT2D eigenvalue weighted by atomic mass is 10.5. The van der Waals surface area contributed by atoms with Gasteiger partial charge in [-0.25, -0.2) is 13.6 Å². The second-order valence-corrected chi connectivity index (χ2v) is 5.52. The first-order valence-electron chi connectivity index (χ1n) is 4.76. The van der Waals surface area contributed by atoms with Crippen LogP contribution in [-0.4, -0.2) is 46.5 Å². The number of hydrogen-bond donors (Lipinski definition) is 1. The Morgan fingerprint density at radius 3 is 2.83 bits per heavy atom. The Morgan fingerprint density at radius 2 is 2.28 bits per heavy atom. The van der Waals surface area contributed by atoms with Crippen LogP contribution < -0.4 is 5.14 Å². The van der Waals surface area contributed by atoms with E-state index in [0.29, 0.717) is 17.3 Å². The van der Waals surface area contributed by atoms with Gasteiger partial charge in [-0.2, -0.15) is 0 Å². The molecule has 2 rings (SSSR count). The van der Waals surface area contributed by atoms with Crippen molar-refractivity contribution in [2.45, 2.75) is 11.7 Å². The SMILES string of the molecule is COCCn1c(-c2cnns2)nnc1S(N)(=O)=O. The van der Waals surface area contributed by atoms with Gasteiger partial charge >= 0.3 is 0 Å². The van der Waals surface area contributed by atoms with Crippen LogP contribution in [0.4, 0.5) is 0 Å². The van der Waals surface area contributed by atoms with Crippen molar-refractivity contribution in [2.24, 2.45) is 5.14 Å². The topological polar surface area (TPSA) is 126 Å². The van der Waals surface area contributed by atoms with Crippen molar-refractivity contribution in [3.8, 4) is 10.7 Å². The van der Waals surface area contributed by atoms with Crippen LogP contribution in [-0.2, 0) is 21.3 Å². The highest BCUT2D eigenvalue weighted by Crippen LogP contribution is 2.21. The molecule has 0 amide bonds. The van der Waals surface area contributed by atoms with Gasteiger partial charge < -0.3 is 4.74 Å². The molecule has 0 saturated heterocycles. The summed E-state index contributed by atoms with van der Waals surface area (Å²) in [4.78, 5) is 0.605. The predicted octanol–water partition coefficient (Wildman–Crippen LogP) is -0.910. The molecule has 11 heteroatoms. The fourth-order valence-electron chi connectivity index (χ4n) is 1.33. The van der Waals surface area contributed by atoms with Crippen molar-refractivity contribution in [1.29, 1.82) is 0 Å². The molecule has 0 aromatic carbocycles. The van der Waals surface area contributed by atoms with Gasteiger partial charge in [0.15, 0.2) is 5.82 Å². The summed E-state index contributed by atoms with van der Waals surface area (Å²) in [5.41, 5.74) is 0. The number of nitrogens with two attached hydrogens (primary N) is 1. The summed E-state index contributed by atoms with van der Waals surface area (Å²) in [5, 5.41) is 15.8. The Morgan fingerprint density at radius 1 is 1.50 bits per heavy atom. The molecule has 2 aromatic rings. The zero-order valence-corrected chi connectivity index (χ0v) is 11.0. The maximum Gasteiger partial charge on any atom is 0.273 e. The first-order chi connectivity index (χ1) is 8.54. The number of nitrogens with zero attached hydrogens (tertiary/aromatic N) is 5. The summed E-state index contributed by atoms with van der Waals surface area (Å²) in [7, 11) is -2.43. The van der Waals surface area contributed by atoms with E-state index in [4.69, 9.17) is 9.88 Å². The molecule has 0 unspecified atom stereocenters. The van der Waals surface area contributed by atoms with Gasteiger partial charge in [0.2, 0.25) is 0 Å². The summed E-state index contributed by atoms with van der Waals surface area (Å²) in [6, 6.07) is 0. The van der Waals surface area contributed by atoms with Crippen LogP contribution in [0.15, 0.2) is 11.4 Å². The second kappa shape index (κ2) is 5.06. The van der Waals surface area contributed by atoms with Gasteiger partial charge in [0.25, 0.3) is 15.2 Å². The third-order valence-electron chi connectivity index (χ3n) is 2.07. The van der Waals surface area contributed by atoms with E-state index in [1.165, 1.54) is 17.9 Å². The molecule has 0 spiro atoms. The fraction of sp³-hybridized carbons (Fsp3) is 0.429. The maximum absolute atomic E-state index is 11.4. The summed E-state index contributed by atoms with van der Waals surface area (Å²) in [6.07, 6.45) is 1.48. The number of sulfonamides is 1. The van der Waals surface area contributed by atoms with E-state index in [1.54, 1.807) is 0 Å². The lowest BCUT2D eigenvalue weighted by Gasteiger charge is -2.06. The highest BCUT2D eigenvalue weighted by atomic mass is 32.2. The molecule has 0 aliphatic carbocycles. The highest BCUT2D eigenvalue weighted by molar-refractivity contribution is 7.89. The first-order valence-corrected chi connectivity index (χ1v) is 7.08. The molecule has 0 fully saturated rings. The van der Waals surface area contributed by atoms with Crippen molar-refractivity contribution in [3.05, 3.63) is 6.20 Å². The summed E-state index contributed by atoms with van der Waals surface area (Å²) in [6.45, 7) is 0.572. The number of ether oxygens (including phenoxy) is 1. The van der Waals surface area contributed by atoms with Crippen molar-refractivity contribution in [3.63, 3.8) is 0 Å². The first kappa shape index (κ1) is 13.0. The monoisotopic (exact) mass is 290 g/mol. The number of methoxy groups -OCH3 is 1. The van der Waals surface area contributed by atoms with E-state index < -0.39 is 10.0 Å². The molecule has 2 aromatic heterocycles. The largest absolute Gasteiger partial charge is 0.383 e. The minimum Gasteiger partial charge on any atom is -0.383 e. The number of rotatable bonds is 5. The Balaban J connectivity index is 2.51. The van der Waals surface area contributed by atoms with Gasteiger partial charge in [0.1, 0.15) is 4.88 Å². The number of hydrogen-bond acceptors (Lipinski definition) is 8. The lowest BCUT2D eigenvalue weighted by molar-refractivity contribution is 0.185. The van der Waals surface area contributed by atoms with Gasteiger partial charge in [-0.3, -0.25) is 4.57 Å². The fourth-order valence-corrected chi connectivity index (χ4v) is 2.48. The van der Waals surface area contributed by atoms with Crippen molar-refractivity contribution < 1.29 is 13.2 Å². The minimum absolute atomic E-state index is 0.266. The molecular formula is C7H10N6O3S2. The standard InChI is InChI=1S/C7H10N6O3S2/c1-16-3-2-13-6(5-4-9-12-17-5)10-11-7(13)18(8,14)15/h4H,2-3H2,1H3,(H2,8,14,15). The Hall–Kier alpha value is -1.43. The van der Waals surface area contributed by atoms with Crippen molar-refractivity contribution in [2.75, 3.05) is 13.7 Å². The Labute approximate surface area is 107 Å². The minimum atomic E-state index is -3.94. The van der Waals surface area contributed by atoms with Gasteiger partial charge in [-0.15, -0.1) is 15.3 Å². The molecule has 98 valence electrons. The zero-order valence-electron chi connectivity index (χ0n) is 9.35. The molecule has 0 radical (unpaired) electrons. The van der Waals surface area contributed by atoms with Crippen LogP contribution >= 0.6 is 11.5 Å². The van der Waals surface area contributed by atoms with Crippen LogP contribution in [0.5, 0.6) is 0 Å². The molecule has 0 aliphatic rings. The third-order valence-corrected chi connectivity index (χ3v) is 3.54.